The first-order chi connectivity index (χ1) is 18.5. The molecule has 0 heterocycles. The van der Waals surface area contributed by atoms with E-state index in [-0.39, 0.29) is 22.6 Å². The minimum atomic E-state index is -4.87. The quantitative estimate of drug-likeness (QED) is 0.315. The lowest BCUT2D eigenvalue weighted by Gasteiger charge is -2.21. The second-order valence-electron chi connectivity index (χ2n) is 9.80. The van der Waals surface area contributed by atoms with Crippen molar-refractivity contribution in [3.63, 3.8) is 0 Å². The number of rotatable bonds is 9. The van der Waals surface area contributed by atoms with Gasteiger partial charge in [0, 0.05) is 23.2 Å². The van der Waals surface area contributed by atoms with Crippen LogP contribution in [0.1, 0.15) is 36.7 Å². The molecule has 0 aliphatic carbocycles. The summed E-state index contributed by atoms with van der Waals surface area (Å²) in [7, 11) is -3.81. The zero-order chi connectivity index (χ0) is 29.7. The third-order valence-corrected chi connectivity index (χ3v) is 6.97. The molecule has 0 fully saturated rings. The Bertz CT molecular complexity index is 1440. The van der Waals surface area contributed by atoms with Crippen molar-refractivity contribution in [2.75, 3.05) is 5.32 Å². The summed E-state index contributed by atoms with van der Waals surface area (Å²) in [5, 5.41) is 5.14. The molecule has 0 spiro atoms. The molecule has 214 valence electrons. The van der Waals surface area contributed by atoms with Gasteiger partial charge in [-0.3, -0.25) is 9.59 Å². The van der Waals surface area contributed by atoms with Crippen LogP contribution in [-0.2, 0) is 21.2 Å². The molecule has 8 nitrogen and oxygen atoms in total. The maximum absolute atomic E-state index is 13.3. The van der Waals surface area contributed by atoms with Crippen LogP contribution < -0.4 is 20.1 Å². The van der Waals surface area contributed by atoms with E-state index >= 15 is 0 Å². The molecule has 0 bridgehead atoms. The molecule has 40 heavy (non-hydrogen) atoms. The standard InChI is InChI=1S/C27H27F4N3O5S/c1-26(2,3)34-40(37,38)22-14-10-20(11-15-22)32-25(36)23(33-24(35)18-6-8-19(28)9-7-18)16-17-4-12-21(13-5-17)39-27(29,30)31/h4-15,23,34H,16H2,1-3H3,(H,32,36)(H,33,35). The van der Waals surface area contributed by atoms with Gasteiger partial charge in [0.25, 0.3) is 5.91 Å². The number of benzene rings is 3. The number of hydrogen-bond acceptors (Lipinski definition) is 5. The summed E-state index contributed by atoms with van der Waals surface area (Å²) in [5.41, 5.74) is 0.00567. The topological polar surface area (TPSA) is 114 Å². The second-order valence-corrected chi connectivity index (χ2v) is 11.5. The van der Waals surface area contributed by atoms with Crippen LogP contribution in [0.3, 0.4) is 0 Å². The highest BCUT2D eigenvalue weighted by atomic mass is 32.2. The Hall–Kier alpha value is -3.97. The fourth-order valence-electron chi connectivity index (χ4n) is 3.52. The highest BCUT2D eigenvalue weighted by molar-refractivity contribution is 7.89. The van der Waals surface area contributed by atoms with Gasteiger partial charge < -0.3 is 15.4 Å². The number of alkyl halides is 3. The number of carbonyl (C=O) groups excluding carboxylic acids is 2. The predicted octanol–water partition coefficient (Wildman–Crippen LogP) is 4.78. The summed E-state index contributed by atoms with van der Waals surface area (Å²) in [6.07, 6.45) is -4.99. The lowest BCUT2D eigenvalue weighted by molar-refractivity contribution is -0.274. The van der Waals surface area contributed by atoms with Gasteiger partial charge >= 0.3 is 6.36 Å². The summed E-state index contributed by atoms with van der Waals surface area (Å²) < 4.78 is 82.1. The van der Waals surface area contributed by atoms with Crippen LogP contribution in [0.25, 0.3) is 0 Å². The molecule has 3 rings (SSSR count). The molecule has 0 radical (unpaired) electrons. The number of nitrogens with one attached hydrogen (secondary N) is 3. The van der Waals surface area contributed by atoms with Crippen molar-refractivity contribution >= 4 is 27.5 Å². The van der Waals surface area contributed by atoms with E-state index in [1.54, 1.807) is 20.8 Å². The van der Waals surface area contributed by atoms with Crippen molar-refractivity contribution < 1.29 is 40.3 Å². The minimum Gasteiger partial charge on any atom is -0.406 e. The Kier molecular flexibility index (Phi) is 9.21. The van der Waals surface area contributed by atoms with E-state index in [2.05, 4.69) is 20.1 Å². The third kappa shape index (κ3) is 9.35. The van der Waals surface area contributed by atoms with E-state index in [4.69, 9.17) is 0 Å². The van der Waals surface area contributed by atoms with E-state index in [1.807, 2.05) is 0 Å². The number of sulfonamides is 1. The number of halogens is 4. The van der Waals surface area contributed by atoms with Crippen LogP contribution in [0.15, 0.2) is 77.7 Å². The van der Waals surface area contributed by atoms with E-state index < -0.39 is 51.3 Å². The SMILES string of the molecule is CC(C)(C)NS(=O)(=O)c1ccc(NC(=O)C(Cc2ccc(OC(F)(F)F)cc2)NC(=O)c2ccc(F)cc2)cc1. The van der Waals surface area contributed by atoms with Crippen molar-refractivity contribution in [3.05, 3.63) is 89.7 Å². The van der Waals surface area contributed by atoms with Crippen LogP contribution in [0.2, 0.25) is 0 Å². The predicted molar refractivity (Wildman–Crippen MR) is 140 cm³/mol. The van der Waals surface area contributed by atoms with Gasteiger partial charge in [0.15, 0.2) is 0 Å². The van der Waals surface area contributed by atoms with Gasteiger partial charge in [-0.15, -0.1) is 13.2 Å². The van der Waals surface area contributed by atoms with Gasteiger partial charge in [0.2, 0.25) is 15.9 Å². The summed E-state index contributed by atoms with van der Waals surface area (Å²) in [5.74, 6) is -2.39. The van der Waals surface area contributed by atoms with E-state index in [0.717, 1.165) is 24.3 Å². The molecular weight excluding hydrogens is 554 g/mol. The summed E-state index contributed by atoms with van der Waals surface area (Å²) in [6, 6.07) is 13.5. The largest absolute Gasteiger partial charge is 0.573 e. The average molecular weight is 582 g/mol. The second kappa shape index (κ2) is 12.0. The molecule has 0 saturated carbocycles. The third-order valence-electron chi connectivity index (χ3n) is 5.20. The Morgan fingerprint density at radius 3 is 1.98 bits per heavy atom. The number of ether oxygens (including phenoxy) is 1. The molecule has 1 unspecified atom stereocenters. The Morgan fingerprint density at radius 1 is 0.875 bits per heavy atom. The van der Waals surface area contributed by atoms with Gasteiger partial charge in [-0.25, -0.2) is 17.5 Å². The van der Waals surface area contributed by atoms with Crippen LogP contribution >= 0.6 is 0 Å². The number of amides is 2. The number of hydrogen-bond donors (Lipinski definition) is 3. The molecule has 3 aromatic carbocycles. The fourth-order valence-corrected chi connectivity index (χ4v) is 4.94. The van der Waals surface area contributed by atoms with Gasteiger partial charge in [0.05, 0.1) is 4.90 Å². The highest BCUT2D eigenvalue weighted by Crippen LogP contribution is 2.23. The summed E-state index contributed by atoms with van der Waals surface area (Å²) >= 11 is 0. The maximum atomic E-state index is 13.3. The van der Waals surface area contributed by atoms with E-state index in [0.29, 0.717) is 5.56 Å². The molecule has 0 saturated heterocycles. The first-order valence-electron chi connectivity index (χ1n) is 11.9. The van der Waals surface area contributed by atoms with E-state index in [9.17, 15) is 35.6 Å². The van der Waals surface area contributed by atoms with Crippen LogP contribution in [-0.4, -0.2) is 38.2 Å². The lowest BCUT2D eigenvalue weighted by atomic mass is 10.0. The zero-order valence-electron chi connectivity index (χ0n) is 21.7. The normalized spacial score (nSPS) is 12.9. The molecule has 0 aliphatic rings. The van der Waals surface area contributed by atoms with Crippen molar-refractivity contribution in [2.24, 2.45) is 0 Å². The lowest BCUT2D eigenvalue weighted by Crippen LogP contribution is -2.45. The van der Waals surface area contributed by atoms with Crippen LogP contribution in [0, 0.1) is 5.82 Å². The molecule has 13 heteroatoms. The van der Waals surface area contributed by atoms with Crippen LogP contribution in [0.5, 0.6) is 5.75 Å². The van der Waals surface area contributed by atoms with Gasteiger partial charge in [0.1, 0.15) is 17.6 Å². The smallest absolute Gasteiger partial charge is 0.406 e. The summed E-state index contributed by atoms with van der Waals surface area (Å²) in [6.45, 7) is 5.07. The fraction of sp³-hybridized carbons (Fsp3) is 0.259. The monoisotopic (exact) mass is 581 g/mol. The summed E-state index contributed by atoms with van der Waals surface area (Å²) in [4.78, 5) is 25.9. The Labute approximate surface area is 228 Å². The first kappa shape index (κ1) is 30.6. The number of anilines is 1. The van der Waals surface area contributed by atoms with Crippen molar-refractivity contribution in [2.45, 2.75) is 50.0 Å². The van der Waals surface area contributed by atoms with Gasteiger partial charge in [-0.2, -0.15) is 0 Å². The molecule has 2 amide bonds. The van der Waals surface area contributed by atoms with Crippen molar-refractivity contribution in [1.82, 2.24) is 10.0 Å². The van der Waals surface area contributed by atoms with Crippen molar-refractivity contribution in [3.8, 4) is 5.75 Å². The van der Waals surface area contributed by atoms with Gasteiger partial charge in [-0.05, 0) is 87.0 Å². The Balaban J connectivity index is 1.80. The van der Waals surface area contributed by atoms with E-state index in [1.165, 1.54) is 48.5 Å². The molecular formula is C27H27F4N3O5S. The van der Waals surface area contributed by atoms with Crippen LogP contribution in [0.4, 0.5) is 23.2 Å². The molecule has 0 aromatic heterocycles. The molecule has 3 aromatic rings. The minimum absolute atomic E-state index is 0.0252. The zero-order valence-corrected chi connectivity index (χ0v) is 22.5. The maximum Gasteiger partial charge on any atom is 0.573 e. The number of carbonyl (C=O) groups is 2. The highest BCUT2D eigenvalue weighted by Gasteiger charge is 2.31. The molecule has 1 atom stereocenters. The van der Waals surface area contributed by atoms with Crippen molar-refractivity contribution in [1.29, 1.82) is 0 Å². The molecule has 0 aliphatic heterocycles. The average Bonchev–Trinajstić information content (AvgIpc) is 2.83. The Morgan fingerprint density at radius 2 is 1.45 bits per heavy atom. The molecule has 3 N–H and O–H groups in total. The first-order valence-corrected chi connectivity index (χ1v) is 13.4. The van der Waals surface area contributed by atoms with Gasteiger partial charge in [-0.1, -0.05) is 12.1 Å².